The molecule has 4 nitrogen and oxygen atoms in total. The maximum atomic E-state index is 13.3. The van der Waals surface area contributed by atoms with Crippen LogP contribution in [0.2, 0.25) is 5.28 Å². The van der Waals surface area contributed by atoms with Crippen LogP contribution in [0.25, 0.3) is 0 Å². The highest BCUT2D eigenvalue weighted by atomic mass is 79.9. The van der Waals surface area contributed by atoms with Gasteiger partial charge in [-0.05, 0) is 33.6 Å². The molecule has 2 aromatic rings. The normalized spacial score (nSPS) is 10.2. The number of hydrogen-bond acceptors (Lipinski definition) is 4. The molecule has 0 fully saturated rings. The number of hydrogen-bond donors (Lipinski definition) is 1. The molecule has 0 radical (unpaired) electrons. The van der Waals surface area contributed by atoms with Gasteiger partial charge in [0.2, 0.25) is 5.28 Å². The summed E-state index contributed by atoms with van der Waals surface area (Å²) in [5, 5.41) is 3.03. The summed E-state index contributed by atoms with van der Waals surface area (Å²) in [5.41, 5.74) is 0.502. The van der Waals surface area contributed by atoms with Crippen molar-refractivity contribution in [3.63, 3.8) is 0 Å². The van der Waals surface area contributed by atoms with Crippen LogP contribution in [-0.4, -0.2) is 17.1 Å². The van der Waals surface area contributed by atoms with Crippen molar-refractivity contribution in [1.29, 1.82) is 0 Å². The van der Waals surface area contributed by atoms with Crippen molar-refractivity contribution in [1.82, 2.24) is 9.97 Å². The summed E-state index contributed by atoms with van der Waals surface area (Å²) in [7, 11) is 1.47. The first-order valence-corrected chi connectivity index (χ1v) is 6.05. The molecule has 0 aliphatic heterocycles. The fraction of sp³-hybridized carbons (Fsp3) is 0.0909. The predicted octanol–water partition coefficient (Wildman–Crippen LogP) is 3.78. The Hall–Kier alpha value is -1.40. The standard InChI is InChI=1S/C11H8BrClFN3O/c1-18-8-3-6(14)2-7(4-8)16-10-9(12)5-15-11(13)17-10/h2-5H,1H3,(H,15,16,17). The van der Waals surface area contributed by atoms with Gasteiger partial charge in [-0.1, -0.05) is 0 Å². The highest BCUT2D eigenvalue weighted by Gasteiger charge is 2.06. The number of methoxy groups -OCH3 is 1. The van der Waals surface area contributed by atoms with Crippen molar-refractivity contribution in [2.24, 2.45) is 0 Å². The topological polar surface area (TPSA) is 47.0 Å². The van der Waals surface area contributed by atoms with Crippen LogP contribution in [0.5, 0.6) is 5.75 Å². The summed E-state index contributed by atoms with van der Waals surface area (Å²) in [6.45, 7) is 0. The van der Waals surface area contributed by atoms with E-state index >= 15 is 0 Å². The van der Waals surface area contributed by atoms with Gasteiger partial charge in [-0.15, -0.1) is 0 Å². The van der Waals surface area contributed by atoms with Gasteiger partial charge in [0.25, 0.3) is 0 Å². The van der Waals surface area contributed by atoms with Gasteiger partial charge in [-0.2, -0.15) is 4.98 Å². The maximum absolute atomic E-state index is 13.3. The number of nitrogens with one attached hydrogen (secondary N) is 1. The molecule has 0 atom stereocenters. The zero-order chi connectivity index (χ0) is 13.1. The zero-order valence-corrected chi connectivity index (χ0v) is 11.6. The number of rotatable bonds is 3. The second-order valence-electron chi connectivity index (χ2n) is 3.34. The Morgan fingerprint density at radius 2 is 2.17 bits per heavy atom. The van der Waals surface area contributed by atoms with E-state index in [1.165, 1.54) is 25.4 Å². The second kappa shape index (κ2) is 5.49. The van der Waals surface area contributed by atoms with Gasteiger partial charge in [0.05, 0.1) is 11.6 Å². The van der Waals surface area contributed by atoms with Crippen molar-refractivity contribution in [2.45, 2.75) is 0 Å². The van der Waals surface area contributed by atoms with Crippen molar-refractivity contribution in [3.05, 3.63) is 40.0 Å². The van der Waals surface area contributed by atoms with Crippen LogP contribution in [0.15, 0.2) is 28.9 Å². The van der Waals surface area contributed by atoms with Crippen LogP contribution in [0, 0.1) is 5.82 Å². The lowest BCUT2D eigenvalue weighted by atomic mass is 10.3. The molecule has 0 saturated carbocycles. The van der Waals surface area contributed by atoms with Gasteiger partial charge in [0, 0.05) is 24.0 Å². The number of benzene rings is 1. The average Bonchev–Trinajstić information content (AvgIpc) is 2.33. The van der Waals surface area contributed by atoms with Crippen LogP contribution >= 0.6 is 27.5 Å². The molecule has 1 N–H and O–H groups in total. The number of anilines is 2. The SMILES string of the molecule is COc1cc(F)cc(Nc2nc(Cl)ncc2Br)c1. The third-order valence-corrected chi connectivity index (χ3v) is 2.85. The third-order valence-electron chi connectivity index (χ3n) is 2.08. The molecular formula is C11H8BrClFN3O. The van der Waals surface area contributed by atoms with Gasteiger partial charge in [0.15, 0.2) is 0 Å². The minimum atomic E-state index is -0.409. The quantitative estimate of drug-likeness (QED) is 0.869. The van der Waals surface area contributed by atoms with E-state index in [-0.39, 0.29) is 5.28 Å². The van der Waals surface area contributed by atoms with E-state index in [0.717, 1.165) is 0 Å². The summed E-state index contributed by atoms with van der Waals surface area (Å²) in [4.78, 5) is 7.79. The lowest BCUT2D eigenvalue weighted by molar-refractivity contribution is 0.411. The molecule has 0 amide bonds. The Kier molecular flexibility index (Phi) is 3.98. The van der Waals surface area contributed by atoms with Gasteiger partial charge < -0.3 is 10.1 Å². The molecule has 0 aliphatic carbocycles. The molecule has 0 unspecified atom stereocenters. The minimum absolute atomic E-state index is 0.101. The van der Waals surface area contributed by atoms with Crippen molar-refractivity contribution in [2.75, 3.05) is 12.4 Å². The summed E-state index contributed by atoms with van der Waals surface area (Å²) >= 11 is 8.96. The molecule has 0 bridgehead atoms. The molecule has 0 saturated heterocycles. The van der Waals surface area contributed by atoms with E-state index < -0.39 is 5.82 Å². The van der Waals surface area contributed by atoms with Gasteiger partial charge in [0.1, 0.15) is 17.4 Å². The monoisotopic (exact) mass is 331 g/mol. The molecule has 1 heterocycles. The Morgan fingerprint density at radius 3 is 2.89 bits per heavy atom. The fourth-order valence-electron chi connectivity index (χ4n) is 1.32. The molecule has 1 aromatic heterocycles. The lowest BCUT2D eigenvalue weighted by Gasteiger charge is -2.09. The highest BCUT2D eigenvalue weighted by Crippen LogP contribution is 2.27. The summed E-state index contributed by atoms with van der Waals surface area (Å²) in [6.07, 6.45) is 1.51. The van der Waals surface area contributed by atoms with Crippen LogP contribution in [0.4, 0.5) is 15.9 Å². The first-order valence-electron chi connectivity index (χ1n) is 4.88. The molecule has 94 valence electrons. The first-order chi connectivity index (χ1) is 8.58. The van der Waals surface area contributed by atoms with Crippen molar-refractivity contribution in [3.8, 4) is 5.75 Å². The Bertz CT molecular complexity index is 582. The zero-order valence-electron chi connectivity index (χ0n) is 9.25. The average molecular weight is 333 g/mol. The van der Waals surface area contributed by atoms with Crippen LogP contribution in [0.3, 0.4) is 0 Å². The molecule has 0 aliphatic rings. The predicted molar refractivity (Wildman–Crippen MR) is 71.0 cm³/mol. The molecule has 0 spiro atoms. The van der Waals surface area contributed by atoms with Crippen LogP contribution < -0.4 is 10.1 Å². The fourth-order valence-corrected chi connectivity index (χ4v) is 1.75. The molecule has 2 rings (SSSR count). The van der Waals surface area contributed by atoms with E-state index in [1.807, 2.05) is 0 Å². The van der Waals surface area contributed by atoms with E-state index in [2.05, 4.69) is 31.2 Å². The molecule has 1 aromatic carbocycles. The molecule has 18 heavy (non-hydrogen) atoms. The summed E-state index contributed by atoms with van der Waals surface area (Å²) in [5.74, 6) is 0.449. The number of halogens is 3. The minimum Gasteiger partial charge on any atom is -0.497 e. The Labute approximate surface area is 116 Å². The van der Waals surface area contributed by atoms with Crippen molar-refractivity contribution < 1.29 is 9.13 Å². The van der Waals surface area contributed by atoms with Gasteiger partial charge in [-0.25, -0.2) is 9.37 Å². The second-order valence-corrected chi connectivity index (χ2v) is 4.53. The van der Waals surface area contributed by atoms with E-state index in [1.54, 1.807) is 6.07 Å². The van der Waals surface area contributed by atoms with Crippen LogP contribution in [0.1, 0.15) is 0 Å². The van der Waals surface area contributed by atoms with Crippen LogP contribution in [-0.2, 0) is 0 Å². The summed E-state index contributed by atoms with van der Waals surface area (Å²) < 4.78 is 18.9. The third kappa shape index (κ3) is 3.08. The number of nitrogens with zero attached hydrogens (tertiary/aromatic N) is 2. The Morgan fingerprint density at radius 1 is 1.39 bits per heavy atom. The molecular weight excluding hydrogens is 324 g/mol. The van der Waals surface area contributed by atoms with Gasteiger partial charge in [-0.3, -0.25) is 0 Å². The largest absolute Gasteiger partial charge is 0.497 e. The Balaban J connectivity index is 2.33. The van der Waals surface area contributed by atoms with Crippen molar-refractivity contribution >= 4 is 39.0 Å². The van der Waals surface area contributed by atoms with Gasteiger partial charge >= 0.3 is 0 Å². The first kappa shape index (κ1) is 13.0. The maximum Gasteiger partial charge on any atom is 0.224 e. The highest BCUT2D eigenvalue weighted by molar-refractivity contribution is 9.10. The lowest BCUT2D eigenvalue weighted by Crippen LogP contribution is -1.97. The number of aromatic nitrogens is 2. The number of ether oxygens (including phenoxy) is 1. The van der Waals surface area contributed by atoms with E-state index in [0.29, 0.717) is 21.7 Å². The molecule has 7 heteroatoms. The van der Waals surface area contributed by atoms with E-state index in [9.17, 15) is 4.39 Å². The summed E-state index contributed by atoms with van der Waals surface area (Å²) in [6, 6.07) is 4.25. The smallest absolute Gasteiger partial charge is 0.224 e. The van der Waals surface area contributed by atoms with E-state index in [4.69, 9.17) is 16.3 Å².